The van der Waals surface area contributed by atoms with E-state index in [1.807, 2.05) is 0 Å². The number of anilines is 1. The summed E-state index contributed by atoms with van der Waals surface area (Å²) in [4.78, 5) is 0. The molecule has 1 N–H and O–H groups in total. The second kappa shape index (κ2) is 14.9. The first kappa shape index (κ1) is 24.3. The molecule has 166 valence electrons. The van der Waals surface area contributed by atoms with E-state index < -0.39 is 0 Å². The maximum absolute atomic E-state index is 3.58. The monoisotopic (exact) mass is 399 g/mol. The zero-order valence-electron chi connectivity index (χ0n) is 19.9. The van der Waals surface area contributed by atoms with Crippen molar-refractivity contribution < 1.29 is 0 Å². The lowest BCUT2D eigenvalue weighted by Gasteiger charge is -2.28. The van der Waals surface area contributed by atoms with Crippen molar-refractivity contribution in [3.05, 3.63) is 29.3 Å². The summed E-state index contributed by atoms with van der Waals surface area (Å²) in [7, 11) is 0. The van der Waals surface area contributed by atoms with Crippen LogP contribution in [0.3, 0.4) is 0 Å². The smallest absolute Gasteiger partial charge is 0.0370 e. The van der Waals surface area contributed by atoms with Crippen LogP contribution in [0, 0.1) is 18.8 Å². The molecule has 0 atom stereocenters. The Hall–Kier alpha value is -0.980. The maximum Gasteiger partial charge on any atom is 0.0370 e. The Labute approximate surface area is 182 Å². The van der Waals surface area contributed by atoms with Crippen LogP contribution in [0.4, 0.5) is 5.69 Å². The summed E-state index contributed by atoms with van der Waals surface area (Å²) in [6, 6.07) is 7.08. The van der Waals surface area contributed by atoms with E-state index in [1.54, 1.807) is 0 Å². The van der Waals surface area contributed by atoms with E-state index >= 15 is 0 Å². The molecule has 0 aromatic heterocycles. The molecule has 0 aliphatic heterocycles. The largest absolute Gasteiger partial charge is 0.385 e. The molecule has 1 aromatic rings. The number of unbranched alkanes of at least 4 members (excludes halogenated alkanes) is 7. The summed E-state index contributed by atoms with van der Waals surface area (Å²) in [5.41, 5.74) is 4.28. The molecular formula is C28H49N. The van der Waals surface area contributed by atoms with Crippen molar-refractivity contribution in [2.24, 2.45) is 11.8 Å². The molecule has 1 aliphatic rings. The van der Waals surface area contributed by atoms with Gasteiger partial charge in [0.2, 0.25) is 0 Å². The average Bonchev–Trinajstić information content (AvgIpc) is 2.74. The van der Waals surface area contributed by atoms with Crippen molar-refractivity contribution in [2.75, 3.05) is 11.9 Å². The highest BCUT2D eigenvalue weighted by Gasteiger charge is 2.20. The van der Waals surface area contributed by atoms with Crippen LogP contribution in [0.25, 0.3) is 0 Å². The highest BCUT2D eigenvalue weighted by Crippen LogP contribution is 2.34. The van der Waals surface area contributed by atoms with Crippen molar-refractivity contribution in [3.8, 4) is 0 Å². The van der Waals surface area contributed by atoms with Gasteiger partial charge in [-0.25, -0.2) is 0 Å². The third-order valence-corrected chi connectivity index (χ3v) is 7.16. The minimum Gasteiger partial charge on any atom is -0.385 e. The number of nitrogens with one attached hydrogen (secondary N) is 1. The lowest BCUT2D eigenvalue weighted by atomic mass is 9.77. The van der Waals surface area contributed by atoms with Gasteiger partial charge >= 0.3 is 0 Å². The summed E-state index contributed by atoms with van der Waals surface area (Å²) >= 11 is 0. The summed E-state index contributed by atoms with van der Waals surface area (Å²) in [5.74, 6) is 2.01. The Bertz CT molecular complexity index is 527. The molecule has 0 amide bonds. The van der Waals surface area contributed by atoms with Crippen LogP contribution in [0.15, 0.2) is 18.2 Å². The molecule has 0 bridgehead atoms. The molecular weight excluding hydrogens is 350 g/mol. The number of rotatable bonds is 15. The Balaban J connectivity index is 1.57. The van der Waals surface area contributed by atoms with Gasteiger partial charge in [-0.1, -0.05) is 109 Å². The van der Waals surface area contributed by atoms with Crippen LogP contribution in [0.1, 0.15) is 121 Å². The topological polar surface area (TPSA) is 12.0 Å². The van der Waals surface area contributed by atoms with E-state index in [0.717, 1.165) is 18.4 Å². The quantitative estimate of drug-likeness (QED) is 0.290. The summed E-state index contributed by atoms with van der Waals surface area (Å²) in [6.07, 6.45) is 22.8. The van der Waals surface area contributed by atoms with Gasteiger partial charge in [0.05, 0.1) is 0 Å². The lowest BCUT2D eigenvalue weighted by Crippen LogP contribution is -2.15. The molecule has 2 rings (SSSR count). The Morgan fingerprint density at radius 2 is 1.38 bits per heavy atom. The van der Waals surface area contributed by atoms with Crippen LogP contribution in [0.5, 0.6) is 0 Å². The first-order valence-electron chi connectivity index (χ1n) is 13.1. The van der Waals surface area contributed by atoms with Crippen LogP contribution in [-0.2, 0) is 6.42 Å². The highest BCUT2D eigenvalue weighted by atomic mass is 14.9. The molecule has 1 fully saturated rings. The Morgan fingerprint density at radius 1 is 0.759 bits per heavy atom. The van der Waals surface area contributed by atoms with Crippen LogP contribution in [-0.4, -0.2) is 6.54 Å². The molecule has 0 unspecified atom stereocenters. The van der Waals surface area contributed by atoms with Crippen molar-refractivity contribution >= 4 is 5.69 Å². The molecule has 1 nitrogen and oxygen atoms in total. The Kier molecular flexibility index (Phi) is 12.5. The first-order valence-corrected chi connectivity index (χ1v) is 13.1. The minimum absolute atomic E-state index is 0.975. The molecule has 0 heterocycles. The van der Waals surface area contributed by atoms with Gasteiger partial charge in [0, 0.05) is 12.2 Å². The molecule has 0 spiro atoms. The van der Waals surface area contributed by atoms with E-state index in [2.05, 4.69) is 44.3 Å². The lowest BCUT2D eigenvalue weighted by molar-refractivity contribution is 0.248. The van der Waals surface area contributed by atoms with Crippen molar-refractivity contribution in [1.82, 2.24) is 0 Å². The predicted molar refractivity (Wildman–Crippen MR) is 131 cm³/mol. The minimum atomic E-state index is 0.975. The van der Waals surface area contributed by atoms with Crippen LogP contribution >= 0.6 is 0 Å². The number of aryl methyl sites for hydroxylation is 2. The van der Waals surface area contributed by atoms with Crippen molar-refractivity contribution in [3.63, 3.8) is 0 Å². The van der Waals surface area contributed by atoms with Gasteiger partial charge in [0.25, 0.3) is 0 Å². The van der Waals surface area contributed by atoms with E-state index in [0.29, 0.717) is 0 Å². The molecule has 0 radical (unpaired) electrons. The van der Waals surface area contributed by atoms with Gasteiger partial charge in [-0.15, -0.1) is 0 Å². The zero-order valence-corrected chi connectivity index (χ0v) is 19.9. The molecule has 1 saturated carbocycles. The second-order valence-electron chi connectivity index (χ2n) is 9.77. The average molecular weight is 400 g/mol. The summed E-state index contributed by atoms with van der Waals surface area (Å²) in [5, 5.41) is 3.58. The van der Waals surface area contributed by atoms with Gasteiger partial charge in [0.1, 0.15) is 0 Å². The molecule has 1 aliphatic carbocycles. The van der Waals surface area contributed by atoms with Gasteiger partial charge in [-0.3, -0.25) is 0 Å². The number of hydrogen-bond acceptors (Lipinski definition) is 1. The normalized spacial score (nSPS) is 19.4. The van der Waals surface area contributed by atoms with Gasteiger partial charge < -0.3 is 5.32 Å². The van der Waals surface area contributed by atoms with Gasteiger partial charge in [-0.2, -0.15) is 0 Å². The van der Waals surface area contributed by atoms with E-state index in [9.17, 15) is 0 Å². The van der Waals surface area contributed by atoms with Gasteiger partial charge in [0.15, 0.2) is 0 Å². The summed E-state index contributed by atoms with van der Waals surface area (Å²) < 4.78 is 0. The highest BCUT2D eigenvalue weighted by molar-refractivity contribution is 5.52. The van der Waals surface area contributed by atoms with Crippen molar-refractivity contribution in [2.45, 2.75) is 124 Å². The van der Waals surface area contributed by atoms with E-state index in [1.165, 1.54) is 120 Å². The first-order chi connectivity index (χ1) is 14.2. The van der Waals surface area contributed by atoms with E-state index in [4.69, 9.17) is 0 Å². The third kappa shape index (κ3) is 10.1. The Morgan fingerprint density at radius 3 is 2.03 bits per heavy atom. The molecule has 1 aromatic carbocycles. The molecule has 0 saturated heterocycles. The molecule has 29 heavy (non-hydrogen) atoms. The second-order valence-corrected chi connectivity index (χ2v) is 9.77. The number of benzene rings is 1. The fraction of sp³-hybridized carbons (Fsp3) is 0.786. The zero-order chi connectivity index (χ0) is 20.7. The third-order valence-electron chi connectivity index (χ3n) is 7.16. The standard InChI is InChI=1S/C28H49N/c1-4-6-8-9-10-11-12-13-25-14-16-26(17-15-25)18-19-27-20-21-28(24(3)23-27)29-22-7-5-2/h20-21,23,25-26,29H,4-19,22H2,1-3H3. The van der Waals surface area contributed by atoms with Gasteiger partial charge in [-0.05, 0) is 55.2 Å². The SMILES string of the molecule is CCCCCCCCCC1CCC(CCc2ccc(NCCCC)c(C)c2)CC1. The van der Waals surface area contributed by atoms with Crippen LogP contribution < -0.4 is 5.32 Å². The summed E-state index contributed by atoms with van der Waals surface area (Å²) in [6.45, 7) is 7.91. The number of hydrogen-bond donors (Lipinski definition) is 1. The fourth-order valence-corrected chi connectivity index (χ4v) is 5.05. The maximum atomic E-state index is 3.58. The van der Waals surface area contributed by atoms with Crippen LogP contribution in [0.2, 0.25) is 0 Å². The predicted octanol–water partition coefficient (Wildman–Crippen LogP) is 9.09. The van der Waals surface area contributed by atoms with Crippen molar-refractivity contribution in [1.29, 1.82) is 0 Å². The molecule has 1 heteroatoms. The fourth-order valence-electron chi connectivity index (χ4n) is 5.05. The van der Waals surface area contributed by atoms with E-state index in [-0.39, 0.29) is 0 Å².